The van der Waals surface area contributed by atoms with Crippen molar-refractivity contribution in [2.24, 2.45) is 35.3 Å². The van der Waals surface area contributed by atoms with E-state index in [1.54, 1.807) is 61.4 Å². The fourth-order valence-electron chi connectivity index (χ4n) is 11.3. The third kappa shape index (κ3) is 25.8. The maximum Gasteiger partial charge on any atom is 0.410 e. The second-order valence-electron chi connectivity index (χ2n) is 25.8. The van der Waals surface area contributed by atoms with Crippen LogP contribution in [0.5, 0.6) is 0 Å². The molecule has 2 aromatic carbocycles. The van der Waals surface area contributed by atoms with Crippen LogP contribution in [0.2, 0.25) is 0 Å². The van der Waals surface area contributed by atoms with Gasteiger partial charge < -0.3 is 62.0 Å². The Bertz CT molecular complexity index is 3050. The fourth-order valence-corrected chi connectivity index (χ4v) is 12.2. The van der Waals surface area contributed by atoms with E-state index >= 15 is 4.79 Å². The minimum atomic E-state index is -1.09. The van der Waals surface area contributed by atoms with Crippen molar-refractivity contribution in [2.45, 2.75) is 209 Å². The summed E-state index contributed by atoms with van der Waals surface area (Å²) in [5.41, 5.74) is 7.93. The molecule has 4 rings (SSSR count). The van der Waals surface area contributed by atoms with Gasteiger partial charge in [0.05, 0.1) is 5.92 Å². The molecule has 1 aromatic heterocycles. The lowest BCUT2D eigenvalue weighted by atomic mass is 9.91. The molecule has 25 heteroatoms. The van der Waals surface area contributed by atoms with E-state index < -0.39 is 90.0 Å². The average Bonchev–Trinajstić information content (AvgIpc) is 1.76. The summed E-state index contributed by atoms with van der Waals surface area (Å²) in [6.07, 6.45) is 7.45. The van der Waals surface area contributed by atoms with Crippen LogP contribution in [0.25, 0.3) is 0 Å². The van der Waals surface area contributed by atoms with Crippen molar-refractivity contribution in [2.75, 3.05) is 38.6 Å². The van der Waals surface area contributed by atoms with E-state index in [2.05, 4.69) is 38.5 Å². The number of benzene rings is 2. The van der Waals surface area contributed by atoms with Crippen LogP contribution in [-0.4, -0.2) is 154 Å². The van der Waals surface area contributed by atoms with Crippen LogP contribution in [0, 0.1) is 29.6 Å². The number of carbonyl (C=O) groups excluding carboxylic acids is 9. The summed E-state index contributed by atoms with van der Waals surface area (Å²) in [4.78, 5) is 144. The van der Waals surface area contributed by atoms with Crippen molar-refractivity contribution >= 4 is 76.5 Å². The number of carboxylic acids is 1. The Morgan fingerprint density at radius 3 is 2.03 bits per heavy atom. The Labute approximate surface area is 571 Å². The number of thiazole rings is 1. The van der Waals surface area contributed by atoms with E-state index in [0.717, 1.165) is 5.56 Å². The third-order valence-electron chi connectivity index (χ3n) is 17.3. The molecule has 3 aromatic rings. The van der Waals surface area contributed by atoms with Gasteiger partial charge in [-0.05, 0) is 104 Å². The van der Waals surface area contributed by atoms with Gasteiger partial charge in [-0.1, -0.05) is 144 Å². The molecular formula is C71H107N11O13S. The zero-order chi connectivity index (χ0) is 71.2. The number of rotatable bonds is 43. The second-order valence-corrected chi connectivity index (χ2v) is 26.7. The van der Waals surface area contributed by atoms with Gasteiger partial charge in [0.2, 0.25) is 29.5 Å². The van der Waals surface area contributed by atoms with Gasteiger partial charge in [0.25, 0.3) is 11.8 Å². The zero-order valence-corrected chi connectivity index (χ0v) is 59.2. The lowest BCUT2D eigenvalue weighted by Crippen LogP contribution is -2.59. The van der Waals surface area contributed by atoms with Crippen LogP contribution in [0.15, 0.2) is 84.4 Å². The minimum absolute atomic E-state index is 0.0934. The van der Waals surface area contributed by atoms with Crippen LogP contribution < -0.4 is 37.6 Å². The number of urea groups is 1. The molecule has 2 unspecified atom stereocenters. The Morgan fingerprint density at radius 1 is 0.750 bits per heavy atom. The first-order valence-electron chi connectivity index (χ1n) is 34.0. The number of unbranched alkanes of at least 4 members (excludes halogenated alkanes) is 2. The van der Waals surface area contributed by atoms with E-state index in [-0.39, 0.29) is 85.9 Å². The minimum Gasteiger partial charge on any atom is -0.481 e. The van der Waals surface area contributed by atoms with Crippen LogP contribution in [0.4, 0.5) is 15.3 Å². The van der Waals surface area contributed by atoms with Crippen molar-refractivity contribution in [1.29, 1.82) is 0 Å². The predicted octanol–water partition coefficient (Wildman–Crippen LogP) is 9.42. The van der Waals surface area contributed by atoms with Gasteiger partial charge in [0.15, 0.2) is 0 Å². The average molecular weight is 1350 g/mol. The highest BCUT2D eigenvalue weighted by Gasteiger charge is 2.40. The molecule has 24 nitrogen and oxygen atoms in total. The lowest BCUT2D eigenvalue weighted by molar-refractivity contribution is -0.143. The zero-order valence-electron chi connectivity index (χ0n) is 58.4. The van der Waals surface area contributed by atoms with Gasteiger partial charge in [-0.15, -0.1) is 11.3 Å². The number of ether oxygens (including phenoxy) is 2. The Kier molecular flexibility index (Phi) is 34.3. The van der Waals surface area contributed by atoms with Gasteiger partial charge in [-0.25, -0.2) is 14.6 Å². The van der Waals surface area contributed by atoms with E-state index in [9.17, 15) is 48.3 Å². The Balaban J connectivity index is 1.45. The van der Waals surface area contributed by atoms with Crippen LogP contribution in [-0.2, 0) is 56.1 Å². The molecule has 1 aliphatic rings. The molecule has 0 fully saturated rings. The van der Waals surface area contributed by atoms with E-state index in [1.165, 1.54) is 29.4 Å². The topological polar surface area (TPSA) is 330 Å². The molecule has 2 heterocycles. The number of hydrogen-bond acceptors (Lipinski definition) is 14. The van der Waals surface area contributed by atoms with E-state index in [4.69, 9.17) is 20.2 Å². The van der Waals surface area contributed by atoms with Crippen LogP contribution in [0.1, 0.15) is 186 Å². The largest absolute Gasteiger partial charge is 0.481 e. The van der Waals surface area contributed by atoms with Gasteiger partial charge in [0, 0.05) is 81.1 Å². The summed E-state index contributed by atoms with van der Waals surface area (Å²) in [5, 5.41) is 29.0. The number of amides is 10. The molecule has 0 bridgehead atoms. The van der Waals surface area contributed by atoms with Crippen molar-refractivity contribution in [3.05, 3.63) is 106 Å². The SMILES string of the molecule is C=C1C=CC(=O)N1CCCCCC(=O)N[C@H](C(=O)N[C@@H](CCCNC(N)=O)C(=O)Nc1ccc(COC(=O)N(C)[C@H](C(=O)N[C@H](C(=O)N(CCC)[C@H](CC(OCCC)c2nc(C(=O)N[C@@H](Cc3ccccc3)C[C@H](C)C(=O)O)cs2)C(C)C)[C@@H](C)CC)C(C)CC)cc1)C(C)C. The maximum atomic E-state index is 15.3. The molecule has 1 aliphatic heterocycles. The number of primary amides is 1. The summed E-state index contributed by atoms with van der Waals surface area (Å²) >= 11 is 1.28. The van der Waals surface area contributed by atoms with E-state index in [1.807, 2.05) is 90.6 Å². The first kappa shape index (κ1) is 80.2. The number of nitrogens with zero attached hydrogens (tertiary/aromatic N) is 4. The van der Waals surface area contributed by atoms with Crippen LogP contribution >= 0.6 is 11.3 Å². The lowest BCUT2D eigenvalue weighted by Gasteiger charge is -2.40. The van der Waals surface area contributed by atoms with Crippen LogP contribution in [0.3, 0.4) is 0 Å². The number of nitrogens with two attached hydrogens (primary N) is 1. The molecule has 9 N–H and O–H groups in total. The molecule has 0 aliphatic carbocycles. The number of allylic oxidation sites excluding steroid dienone is 1. The molecule has 0 radical (unpaired) electrons. The standard InChI is InChI=1S/C71H107N11O13S/c1-14-36-82(56(44(5)6)41-57(94-38-15-2)67-77-55(43-96-67)64(86)75-53(39-48(11)69(90)91)40-50-25-20-18-21-26-50)68(89)61(46(9)16-3)79-66(88)62(47(10)17-4)80(13)71(93)95-42-51-30-32-52(33-31-51)74-63(85)54(27-24-35-73-70(72)92)76-65(87)60(45(7)8)78-58(83)28-22-19-23-37-81-49(12)29-34-59(81)84/h18,20-21,25-26,29-34,43-48,53-54,56-57,60-62H,12,14-17,19,22-24,27-28,35-42H2,1-11,13H3,(H,74,85)(H,75,86)(H,76,87)(H,78,83)(H,79,88)(H,90,91)(H3,72,73,92)/t46-,47?,48-,53+,54-,56+,57?,60-,61-,62-/m0/s1. The number of aliphatic carboxylic acids is 1. The number of hydrogen-bond donors (Lipinski definition) is 8. The van der Waals surface area contributed by atoms with Crippen molar-refractivity contribution in [1.82, 2.24) is 46.3 Å². The fraction of sp³-hybridized carbons (Fsp3) is 0.592. The van der Waals surface area contributed by atoms with Gasteiger partial charge in [0.1, 0.15) is 47.6 Å². The highest BCUT2D eigenvalue weighted by Crippen LogP contribution is 2.32. The number of nitrogens with one attached hydrogen (secondary N) is 6. The molecule has 10 amide bonds. The number of carbonyl (C=O) groups is 10. The summed E-state index contributed by atoms with van der Waals surface area (Å²) < 4.78 is 12.3. The summed E-state index contributed by atoms with van der Waals surface area (Å²) in [6.45, 7) is 25.8. The van der Waals surface area contributed by atoms with Gasteiger partial charge >= 0.3 is 18.1 Å². The first-order chi connectivity index (χ1) is 45.6. The quantitative estimate of drug-likeness (QED) is 0.0245. The number of anilines is 1. The molecular weight excluding hydrogens is 1250 g/mol. The normalized spacial score (nSPS) is 15.2. The van der Waals surface area contributed by atoms with Gasteiger partial charge in [-0.2, -0.15) is 0 Å². The van der Waals surface area contributed by atoms with Crippen molar-refractivity contribution < 1.29 is 62.5 Å². The van der Waals surface area contributed by atoms with E-state index in [0.29, 0.717) is 99.4 Å². The predicted molar refractivity (Wildman–Crippen MR) is 371 cm³/mol. The number of carboxylic acid groups (broad SMARTS) is 1. The van der Waals surface area contributed by atoms with Crippen molar-refractivity contribution in [3.63, 3.8) is 0 Å². The molecule has 0 saturated carbocycles. The first-order valence-corrected chi connectivity index (χ1v) is 34.9. The third-order valence-corrected chi connectivity index (χ3v) is 18.3. The molecule has 10 atom stereocenters. The number of likely N-dealkylation sites (N-methyl/N-ethyl adjacent to an activating group) is 1. The second kappa shape index (κ2) is 41.0. The Morgan fingerprint density at radius 2 is 1.44 bits per heavy atom. The smallest absolute Gasteiger partial charge is 0.410 e. The Hall–Kier alpha value is -8.19. The maximum absolute atomic E-state index is 15.3. The highest BCUT2D eigenvalue weighted by atomic mass is 32.1. The molecule has 96 heavy (non-hydrogen) atoms. The summed E-state index contributed by atoms with van der Waals surface area (Å²) in [6, 6.07) is 10.3. The summed E-state index contributed by atoms with van der Waals surface area (Å²) in [7, 11) is 1.49. The molecule has 530 valence electrons. The highest BCUT2D eigenvalue weighted by molar-refractivity contribution is 7.09. The monoisotopic (exact) mass is 1350 g/mol. The molecule has 0 saturated heterocycles. The molecule has 0 spiro atoms. The van der Waals surface area contributed by atoms with Crippen molar-refractivity contribution in [3.8, 4) is 0 Å². The summed E-state index contributed by atoms with van der Waals surface area (Å²) in [5.74, 6) is -5.63. The number of aromatic nitrogens is 1. The van der Waals surface area contributed by atoms with Gasteiger partial charge in [-0.3, -0.25) is 43.3 Å².